The Morgan fingerprint density at radius 2 is 1.81 bits per heavy atom. The molecule has 1 heterocycles. The lowest BCUT2D eigenvalue weighted by Crippen LogP contribution is -2.15. The van der Waals surface area contributed by atoms with Gasteiger partial charge in [0.2, 0.25) is 5.78 Å². The SMILES string of the molecule is CC(=O)CC(C(=O)c1ccco1)c1ccc(C(=O)O)cc1. The third kappa shape index (κ3) is 3.45. The number of Topliss-reactive ketones (excluding diaryl/α,β-unsaturated/α-hetero) is 2. The van der Waals surface area contributed by atoms with Gasteiger partial charge in [-0.25, -0.2) is 4.79 Å². The number of benzene rings is 1. The standard InChI is InChI=1S/C16H14O5/c1-10(17)9-13(15(18)14-3-2-8-21-14)11-4-6-12(7-5-11)16(19)20/h2-8,13H,9H2,1H3,(H,19,20). The Labute approximate surface area is 121 Å². The summed E-state index contributed by atoms with van der Waals surface area (Å²) in [5.74, 6) is -1.94. The number of carboxylic acid groups (broad SMARTS) is 1. The first-order chi connectivity index (χ1) is 9.99. The van der Waals surface area contributed by atoms with Gasteiger partial charge in [-0.05, 0) is 36.8 Å². The second-order valence-electron chi connectivity index (χ2n) is 4.73. The number of rotatable bonds is 6. The molecular weight excluding hydrogens is 272 g/mol. The summed E-state index contributed by atoms with van der Waals surface area (Å²) in [4.78, 5) is 34.6. The minimum atomic E-state index is -1.04. The average Bonchev–Trinajstić information content (AvgIpc) is 2.98. The molecule has 0 aliphatic heterocycles. The van der Waals surface area contributed by atoms with Gasteiger partial charge in [-0.3, -0.25) is 9.59 Å². The van der Waals surface area contributed by atoms with E-state index < -0.39 is 11.9 Å². The summed E-state index contributed by atoms with van der Waals surface area (Å²) >= 11 is 0. The van der Waals surface area contributed by atoms with Crippen LogP contribution >= 0.6 is 0 Å². The zero-order chi connectivity index (χ0) is 15.4. The van der Waals surface area contributed by atoms with E-state index in [2.05, 4.69) is 0 Å². The van der Waals surface area contributed by atoms with Gasteiger partial charge in [0, 0.05) is 6.42 Å². The van der Waals surface area contributed by atoms with Gasteiger partial charge in [0.1, 0.15) is 5.78 Å². The maximum atomic E-state index is 12.4. The van der Waals surface area contributed by atoms with Crippen molar-refractivity contribution in [2.24, 2.45) is 0 Å². The van der Waals surface area contributed by atoms with Crippen LogP contribution in [0.1, 0.15) is 45.7 Å². The Balaban J connectivity index is 2.33. The number of carboxylic acids is 1. The van der Waals surface area contributed by atoms with E-state index in [4.69, 9.17) is 9.52 Å². The number of hydrogen-bond donors (Lipinski definition) is 1. The van der Waals surface area contributed by atoms with Gasteiger partial charge in [-0.1, -0.05) is 12.1 Å². The number of carbonyl (C=O) groups excluding carboxylic acids is 2. The minimum absolute atomic E-state index is 0.0476. The molecule has 1 unspecified atom stereocenters. The number of ketones is 2. The molecular formula is C16H14O5. The van der Waals surface area contributed by atoms with Crippen LogP contribution in [0.15, 0.2) is 47.1 Å². The summed E-state index contributed by atoms with van der Waals surface area (Å²) in [5, 5.41) is 8.88. The lowest BCUT2D eigenvalue weighted by molar-refractivity contribution is -0.117. The van der Waals surface area contributed by atoms with Gasteiger partial charge >= 0.3 is 5.97 Å². The molecule has 5 nitrogen and oxygen atoms in total. The van der Waals surface area contributed by atoms with Gasteiger partial charge in [0.25, 0.3) is 0 Å². The average molecular weight is 286 g/mol. The fraction of sp³-hybridized carbons (Fsp3) is 0.188. The van der Waals surface area contributed by atoms with E-state index in [0.717, 1.165) is 0 Å². The minimum Gasteiger partial charge on any atom is -0.478 e. The fourth-order valence-corrected chi connectivity index (χ4v) is 2.10. The monoisotopic (exact) mass is 286 g/mol. The van der Waals surface area contributed by atoms with Crippen molar-refractivity contribution in [3.8, 4) is 0 Å². The number of aromatic carboxylic acids is 1. The Morgan fingerprint density at radius 3 is 2.29 bits per heavy atom. The lowest BCUT2D eigenvalue weighted by atomic mass is 9.88. The summed E-state index contributed by atoms with van der Waals surface area (Å²) in [6.07, 6.45) is 1.44. The van der Waals surface area contributed by atoms with Crippen molar-refractivity contribution in [1.29, 1.82) is 0 Å². The molecule has 0 radical (unpaired) electrons. The molecule has 1 atom stereocenters. The molecule has 0 saturated heterocycles. The van der Waals surface area contributed by atoms with Crippen molar-refractivity contribution in [2.75, 3.05) is 0 Å². The van der Waals surface area contributed by atoms with E-state index >= 15 is 0 Å². The van der Waals surface area contributed by atoms with Crippen molar-refractivity contribution >= 4 is 17.5 Å². The molecule has 1 N–H and O–H groups in total. The van der Waals surface area contributed by atoms with Gasteiger partial charge in [-0.2, -0.15) is 0 Å². The second kappa shape index (κ2) is 6.17. The van der Waals surface area contributed by atoms with Crippen molar-refractivity contribution < 1.29 is 23.9 Å². The highest BCUT2D eigenvalue weighted by atomic mass is 16.4. The van der Waals surface area contributed by atoms with E-state index in [9.17, 15) is 14.4 Å². The maximum Gasteiger partial charge on any atom is 0.335 e. The van der Waals surface area contributed by atoms with E-state index in [0.29, 0.717) is 5.56 Å². The molecule has 2 rings (SSSR count). The quantitative estimate of drug-likeness (QED) is 0.825. The maximum absolute atomic E-state index is 12.4. The van der Waals surface area contributed by atoms with Crippen LogP contribution in [0.2, 0.25) is 0 Å². The molecule has 2 aromatic rings. The zero-order valence-electron chi connectivity index (χ0n) is 11.4. The third-order valence-corrected chi connectivity index (χ3v) is 3.13. The van der Waals surface area contributed by atoms with Gasteiger partial charge < -0.3 is 9.52 Å². The van der Waals surface area contributed by atoms with Crippen LogP contribution in [0.3, 0.4) is 0 Å². The topological polar surface area (TPSA) is 84.6 Å². The molecule has 1 aromatic carbocycles. The fourth-order valence-electron chi connectivity index (χ4n) is 2.10. The van der Waals surface area contributed by atoms with Crippen LogP contribution in [-0.2, 0) is 4.79 Å². The Hall–Kier alpha value is -2.69. The van der Waals surface area contributed by atoms with Crippen LogP contribution in [0.25, 0.3) is 0 Å². The van der Waals surface area contributed by atoms with Crippen LogP contribution in [0.5, 0.6) is 0 Å². The molecule has 1 aromatic heterocycles. The highest BCUT2D eigenvalue weighted by Crippen LogP contribution is 2.25. The van der Waals surface area contributed by atoms with Crippen LogP contribution < -0.4 is 0 Å². The highest BCUT2D eigenvalue weighted by molar-refractivity contribution is 6.01. The van der Waals surface area contributed by atoms with Crippen molar-refractivity contribution in [3.05, 3.63) is 59.5 Å². The van der Waals surface area contributed by atoms with E-state index in [1.165, 1.54) is 25.3 Å². The smallest absolute Gasteiger partial charge is 0.335 e. The molecule has 0 amide bonds. The highest BCUT2D eigenvalue weighted by Gasteiger charge is 2.25. The summed E-state index contributed by atoms with van der Waals surface area (Å²) in [5.41, 5.74) is 0.724. The Morgan fingerprint density at radius 1 is 1.14 bits per heavy atom. The molecule has 108 valence electrons. The summed E-state index contributed by atoms with van der Waals surface area (Å²) in [7, 11) is 0. The summed E-state index contributed by atoms with van der Waals surface area (Å²) in [6.45, 7) is 1.41. The molecule has 0 aliphatic rings. The lowest BCUT2D eigenvalue weighted by Gasteiger charge is -2.13. The van der Waals surface area contributed by atoms with Crippen LogP contribution in [0.4, 0.5) is 0 Å². The molecule has 21 heavy (non-hydrogen) atoms. The Kier molecular flexibility index (Phi) is 4.33. The first-order valence-corrected chi connectivity index (χ1v) is 6.39. The normalized spacial score (nSPS) is 11.9. The van der Waals surface area contributed by atoms with E-state index in [1.54, 1.807) is 24.3 Å². The van der Waals surface area contributed by atoms with Crippen molar-refractivity contribution in [3.63, 3.8) is 0 Å². The first kappa shape index (κ1) is 14.7. The van der Waals surface area contributed by atoms with Crippen LogP contribution in [-0.4, -0.2) is 22.6 Å². The largest absolute Gasteiger partial charge is 0.478 e. The second-order valence-corrected chi connectivity index (χ2v) is 4.73. The number of furan rings is 1. The molecule has 0 bridgehead atoms. The number of carbonyl (C=O) groups is 3. The summed E-state index contributed by atoms with van der Waals surface area (Å²) < 4.78 is 5.09. The van der Waals surface area contributed by atoms with Crippen molar-refractivity contribution in [1.82, 2.24) is 0 Å². The Bertz CT molecular complexity index is 652. The molecule has 0 aliphatic carbocycles. The molecule has 5 heteroatoms. The summed E-state index contributed by atoms with van der Waals surface area (Å²) in [6, 6.07) is 9.09. The van der Waals surface area contributed by atoms with Gasteiger partial charge in [0.15, 0.2) is 5.76 Å². The first-order valence-electron chi connectivity index (χ1n) is 6.39. The molecule has 0 saturated carbocycles. The third-order valence-electron chi connectivity index (χ3n) is 3.13. The molecule has 0 spiro atoms. The molecule has 0 fully saturated rings. The van der Waals surface area contributed by atoms with E-state index in [1.807, 2.05) is 0 Å². The van der Waals surface area contributed by atoms with Gasteiger partial charge in [0.05, 0.1) is 17.7 Å². The predicted molar refractivity (Wildman–Crippen MR) is 74.5 cm³/mol. The van der Waals surface area contributed by atoms with E-state index in [-0.39, 0.29) is 29.3 Å². The van der Waals surface area contributed by atoms with Crippen molar-refractivity contribution in [2.45, 2.75) is 19.3 Å². The van der Waals surface area contributed by atoms with Crippen LogP contribution in [0, 0.1) is 0 Å². The zero-order valence-corrected chi connectivity index (χ0v) is 11.4. The predicted octanol–water partition coefficient (Wildman–Crippen LogP) is 2.92. The van der Waals surface area contributed by atoms with Gasteiger partial charge in [-0.15, -0.1) is 0 Å². The number of hydrogen-bond acceptors (Lipinski definition) is 4.